The van der Waals surface area contributed by atoms with Crippen LogP contribution in [0, 0.1) is 18.7 Å². The number of nitrogens with one attached hydrogen (secondary N) is 1. The summed E-state index contributed by atoms with van der Waals surface area (Å²) in [6, 6.07) is 18.6. The second kappa shape index (κ2) is 22.8. The fourth-order valence-corrected chi connectivity index (χ4v) is 12.8. The van der Waals surface area contributed by atoms with Gasteiger partial charge >= 0.3 is 0 Å². The van der Waals surface area contributed by atoms with Crippen LogP contribution in [0.1, 0.15) is 94.7 Å². The molecule has 2 bridgehead atoms. The Bertz CT molecular complexity index is 3080. The molecule has 21 heteroatoms. The highest BCUT2D eigenvalue weighted by Crippen LogP contribution is 2.41. The fourth-order valence-electron chi connectivity index (χ4n) is 12.0. The number of piperidine rings is 1. The molecule has 0 radical (unpaired) electrons. The predicted molar refractivity (Wildman–Crippen MR) is 292 cm³/mol. The van der Waals surface area contributed by atoms with Gasteiger partial charge in [0.1, 0.15) is 36.2 Å². The number of carbonyl (C=O) groups excluding carboxylic acids is 2. The van der Waals surface area contributed by atoms with Crippen LogP contribution in [-0.2, 0) is 14.3 Å². The number of hydrogen-bond acceptors (Lipinski definition) is 18. The number of anilines is 3. The summed E-state index contributed by atoms with van der Waals surface area (Å²) in [5, 5.41) is 36.7. The van der Waals surface area contributed by atoms with Gasteiger partial charge in [-0.2, -0.15) is 0 Å². The summed E-state index contributed by atoms with van der Waals surface area (Å²) in [6.45, 7) is 11.7. The second-order valence-corrected chi connectivity index (χ2v) is 22.7. The summed E-state index contributed by atoms with van der Waals surface area (Å²) in [6.07, 6.45) is 6.94. The molecule has 1 aliphatic carbocycles. The molecule has 78 heavy (non-hydrogen) atoms. The highest BCUT2D eigenvalue weighted by molar-refractivity contribution is 7.13. The van der Waals surface area contributed by atoms with E-state index >= 15 is 4.39 Å². The Hall–Kier alpha value is -6.94. The largest absolute Gasteiger partial charge is 0.507 e. The molecule has 0 spiro atoms. The van der Waals surface area contributed by atoms with Crippen molar-refractivity contribution in [1.82, 2.24) is 40.4 Å². The number of hydrogen-bond donors (Lipinski definition) is 4. The number of likely N-dealkylation sites (tertiary alicyclic amines) is 2. The van der Waals surface area contributed by atoms with Crippen LogP contribution in [-0.4, -0.2) is 146 Å². The summed E-state index contributed by atoms with van der Waals surface area (Å²) in [4.78, 5) is 46.3. The minimum absolute atomic E-state index is 0.0222. The Morgan fingerprint density at radius 1 is 0.910 bits per heavy atom. The van der Waals surface area contributed by atoms with Gasteiger partial charge in [0.25, 0.3) is 5.88 Å². The number of thiazole rings is 1. The highest BCUT2D eigenvalue weighted by atomic mass is 32.1. The van der Waals surface area contributed by atoms with Crippen LogP contribution in [0.4, 0.5) is 21.6 Å². The van der Waals surface area contributed by atoms with E-state index in [0.717, 1.165) is 86.6 Å². The number of ether oxygens (including phenoxy) is 3. The number of phenolic OH excluding ortho intramolecular Hbond substituents is 1. The second-order valence-electron chi connectivity index (χ2n) is 21.8. The molecule has 19 nitrogen and oxygen atoms in total. The van der Waals surface area contributed by atoms with E-state index in [-0.39, 0.29) is 66.8 Å². The third-order valence-electron chi connectivity index (χ3n) is 16.2. The number of aromatic hydroxyl groups is 1. The molecule has 5 fully saturated rings. The van der Waals surface area contributed by atoms with Crippen molar-refractivity contribution in [2.45, 2.75) is 127 Å². The third-order valence-corrected chi connectivity index (χ3v) is 17.2. The van der Waals surface area contributed by atoms with Crippen molar-refractivity contribution in [1.29, 1.82) is 0 Å². The van der Waals surface area contributed by atoms with Gasteiger partial charge in [-0.1, -0.05) is 38.1 Å². The molecule has 6 atom stereocenters. The van der Waals surface area contributed by atoms with Crippen LogP contribution in [0.25, 0.3) is 21.7 Å². The number of pyridine rings is 1. The van der Waals surface area contributed by atoms with E-state index in [1.54, 1.807) is 36.7 Å². The van der Waals surface area contributed by atoms with E-state index in [9.17, 15) is 19.8 Å². The highest BCUT2D eigenvalue weighted by Gasteiger charge is 2.45. The maximum atomic E-state index is 15.4. The lowest BCUT2D eigenvalue weighted by Gasteiger charge is -2.43. The molecule has 1 saturated carbocycles. The van der Waals surface area contributed by atoms with Crippen LogP contribution >= 0.6 is 11.3 Å². The number of amides is 2. The van der Waals surface area contributed by atoms with Crippen LogP contribution in [0.3, 0.4) is 0 Å². The number of aromatic nitrogens is 5. The van der Waals surface area contributed by atoms with Gasteiger partial charge in [0.2, 0.25) is 17.7 Å². The average molecular weight is 1090 g/mol. The lowest BCUT2D eigenvalue weighted by atomic mass is 9.91. The first-order valence-corrected chi connectivity index (χ1v) is 28.1. The van der Waals surface area contributed by atoms with Crippen molar-refractivity contribution < 1.29 is 42.9 Å². The number of aryl methyl sites for hydroxylation is 1. The maximum absolute atomic E-state index is 15.4. The average Bonchev–Trinajstić information content (AvgIpc) is 4.28. The number of carbonyl (C=O) groups is 2. The molecule has 1 unspecified atom stereocenters. The molecule has 5 aliphatic rings. The molecule has 8 heterocycles. The van der Waals surface area contributed by atoms with Gasteiger partial charge in [0.05, 0.1) is 51.8 Å². The standard InChI is InChI=1S/C57H68FN11O8S/c1-32(2)53(57(73)68-30-39(70)23-48(68)56(72)62-33(3)43-12-9-35(21-45(43)58)54-34(4)61-31-78-54)50-27-52(65-77-50)74-20-19-66-17-14-40(15-18-66)75-41-24-42(25-41)76-51-22-36(13-16-60-51)69-37-10-11-38(69)29-67(28-37)47-26-46(63-64-55(47)59)44-7-5-6-8-49(44)71/h5-9,12-13,16,21-22,26-27,31-33,37-42,48,53,70-71H,10-11,14-15,17-20,23-25,28-30H2,1-4H3,(H2,59,64)(H,62,72)/t33-,37+,38?,39+,41?,42?,48-,53+/m0/s1. The number of nitrogens with two attached hydrogens (primary N) is 1. The van der Waals surface area contributed by atoms with Gasteiger partial charge < -0.3 is 54.7 Å². The van der Waals surface area contributed by atoms with Crippen LogP contribution in [0.5, 0.6) is 17.5 Å². The smallest absolute Gasteiger partial charge is 0.254 e. The van der Waals surface area contributed by atoms with E-state index in [1.807, 2.05) is 51.2 Å². The van der Waals surface area contributed by atoms with Gasteiger partial charge in [-0.05, 0) is 86.5 Å². The molecule has 11 rings (SSSR count). The van der Waals surface area contributed by atoms with Crippen molar-refractivity contribution in [3.05, 3.63) is 101 Å². The monoisotopic (exact) mass is 1090 g/mol. The predicted octanol–water partition coefficient (Wildman–Crippen LogP) is 7.29. The summed E-state index contributed by atoms with van der Waals surface area (Å²) >= 11 is 1.43. The molecule has 2 aromatic carbocycles. The van der Waals surface area contributed by atoms with Gasteiger partial charge in [-0.15, -0.1) is 21.5 Å². The normalized spacial score (nSPS) is 23.3. The quantitative estimate of drug-likeness (QED) is 0.0662. The molecule has 4 saturated heterocycles. The molecule has 4 aliphatic heterocycles. The molecule has 5 N–H and O–H groups in total. The van der Waals surface area contributed by atoms with E-state index in [4.69, 9.17) is 24.5 Å². The molecule has 2 amide bonds. The number of aliphatic hydroxyl groups excluding tert-OH is 1. The Kier molecular flexibility index (Phi) is 15.5. The minimum Gasteiger partial charge on any atom is -0.507 e. The summed E-state index contributed by atoms with van der Waals surface area (Å²) < 4.78 is 40.1. The minimum atomic E-state index is -0.956. The first kappa shape index (κ1) is 53.1. The molecule has 6 aromatic rings. The number of nitrogens with zero attached hydrogens (tertiary/aromatic N) is 9. The van der Waals surface area contributed by atoms with E-state index in [2.05, 4.69) is 57.5 Å². The Balaban J connectivity index is 0.604. The van der Waals surface area contributed by atoms with Gasteiger partial charge in [0.15, 0.2) is 11.6 Å². The van der Waals surface area contributed by atoms with Gasteiger partial charge in [0, 0.05) is 106 Å². The lowest BCUT2D eigenvalue weighted by Crippen LogP contribution is -2.54. The van der Waals surface area contributed by atoms with Crippen molar-refractivity contribution in [3.63, 3.8) is 0 Å². The number of halogens is 1. The van der Waals surface area contributed by atoms with Crippen LogP contribution in [0.2, 0.25) is 0 Å². The van der Waals surface area contributed by atoms with Crippen molar-refractivity contribution >= 4 is 40.3 Å². The number of piperazine rings is 1. The summed E-state index contributed by atoms with van der Waals surface area (Å²) in [5.74, 6) is -0.573. The van der Waals surface area contributed by atoms with E-state index in [0.29, 0.717) is 53.0 Å². The summed E-state index contributed by atoms with van der Waals surface area (Å²) in [7, 11) is 0. The Morgan fingerprint density at radius 3 is 2.42 bits per heavy atom. The maximum Gasteiger partial charge on any atom is 0.254 e. The molecule has 4 aromatic heterocycles. The third kappa shape index (κ3) is 11.3. The number of β-amino-alcohol motifs (C(OH)–C–C–N with tert-alkyl or cyclic N) is 1. The van der Waals surface area contributed by atoms with Crippen molar-refractivity contribution in [3.8, 4) is 39.2 Å². The van der Waals surface area contributed by atoms with Gasteiger partial charge in [-0.3, -0.25) is 14.5 Å². The Morgan fingerprint density at radius 2 is 1.69 bits per heavy atom. The topological polar surface area (TPSA) is 231 Å². The van der Waals surface area contributed by atoms with E-state index < -0.39 is 35.8 Å². The number of fused-ring (bicyclic) bond motifs is 2. The first-order chi connectivity index (χ1) is 37.7. The molecule has 412 valence electrons. The number of nitrogen functional groups attached to an aromatic ring is 1. The van der Waals surface area contributed by atoms with E-state index in [1.165, 1.54) is 22.3 Å². The van der Waals surface area contributed by atoms with Gasteiger partial charge in [-0.25, -0.2) is 14.4 Å². The summed E-state index contributed by atoms with van der Waals surface area (Å²) in [5.41, 5.74) is 13.1. The number of rotatable bonds is 18. The lowest BCUT2D eigenvalue weighted by molar-refractivity contribution is -0.141. The zero-order chi connectivity index (χ0) is 54.2. The Labute approximate surface area is 456 Å². The molecular formula is C57H68FN11O8S. The number of aliphatic hydroxyl groups is 1. The molecular weight excluding hydrogens is 1020 g/mol. The number of phenols is 1. The SMILES string of the molecule is Cc1ncsc1-c1ccc([C@H](C)NC(=O)[C@@H]2C[C@@H](O)CN2C(=O)[C@@H](c2cc(OCCN3CCC(OC4CC(Oc5cc(N6C7CC[C@@H]6CN(c6cc(-c8ccccc8O)nnc6N)C7)ccn5)C4)CC3)no2)C(C)C)c(F)c1. The van der Waals surface area contributed by atoms with Crippen LogP contribution in [0.15, 0.2) is 83.0 Å². The van der Waals surface area contributed by atoms with Crippen molar-refractivity contribution in [2.75, 3.05) is 61.4 Å². The first-order valence-electron chi connectivity index (χ1n) is 27.3. The fraction of sp³-hybridized carbons (Fsp3) is 0.491. The van der Waals surface area contributed by atoms with Crippen molar-refractivity contribution in [2.24, 2.45) is 5.92 Å². The zero-order valence-corrected chi connectivity index (χ0v) is 45.2. The zero-order valence-electron chi connectivity index (χ0n) is 44.4. The van der Waals surface area contributed by atoms with Crippen LogP contribution < -0.4 is 30.3 Å². The number of para-hydroxylation sites is 1. The number of benzene rings is 2.